The first-order valence-corrected chi connectivity index (χ1v) is 7.91. The van der Waals surface area contributed by atoms with E-state index < -0.39 is 0 Å². The van der Waals surface area contributed by atoms with Gasteiger partial charge < -0.3 is 14.8 Å². The number of hydrogen-bond acceptors (Lipinski definition) is 4. The summed E-state index contributed by atoms with van der Waals surface area (Å²) in [5.74, 6) is 2.50. The molecule has 2 fully saturated rings. The van der Waals surface area contributed by atoms with Crippen LogP contribution in [0.4, 0.5) is 0 Å². The zero-order valence-electron chi connectivity index (χ0n) is 11.0. The van der Waals surface area contributed by atoms with E-state index in [0.717, 1.165) is 26.0 Å². The first-order valence-electron chi connectivity index (χ1n) is 6.76. The molecule has 1 N–H and O–H groups in total. The molecule has 0 aliphatic carbocycles. The van der Waals surface area contributed by atoms with Gasteiger partial charge in [-0.2, -0.15) is 11.8 Å². The van der Waals surface area contributed by atoms with Gasteiger partial charge in [0.15, 0.2) is 0 Å². The predicted octanol–water partition coefficient (Wildman–Crippen LogP) is 2.06. The van der Waals surface area contributed by atoms with E-state index in [-0.39, 0.29) is 5.60 Å². The maximum Gasteiger partial charge on any atom is 0.0723 e. The summed E-state index contributed by atoms with van der Waals surface area (Å²) in [6.07, 6.45) is 5.27. The van der Waals surface area contributed by atoms with Gasteiger partial charge in [-0.3, -0.25) is 0 Å². The predicted molar refractivity (Wildman–Crippen MR) is 72.7 cm³/mol. The molecule has 0 bridgehead atoms. The second-order valence-corrected chi connectivity index (χ2v) is 6.49. The van der Waals surface area contributed by atoms with E-state index in [1.807, 2.05) is 7.05 Å². The maximum atomic E-state index is 6.11. The van der Waals surface area contributed by atoms with Gasteiger partial charge in [-0.15, -0.1) is 0 Å². The molecule has 2 saturated heterocycles. The molecule has 0 saturated carbocycles. The molecule has 0 aromatic rings. The minimum atomic E-state index is 0.146. The molecule has 2 aliphatic rings. The summed E-state index contributed by atoms with van der Waals surface area (Å²) in [5.41, 5.74) is 0.146. The van der Waals surface area contributed by atoms with Gasteiger partial charge in [0.1, 0.15) is 0 Å². The summed E-state index contributed by atoms with van der Waals surface area (Å²) < 4.78 is 12.2. The van der Waals surface area contributed by atoms with Crippen molar-refractivity contribution in [2.75, 3.05) is 31.7 Å². The molecule has 0 amide bonds. The molecular formula is C13H25NO2S. The van der Waals surface area contributed by atoms with Crippen molar-refractivity contribution in [3.05, 3.63) is 0 Å². The molecule has 0 aromatic carbocycles. The van der Waals surface area contributed by atoms with Crippen LogP contribution in [0.5, 0.6) is 0 Å². The van der Waals surface area contributed by atoms with Crippen LogP contribution in [0.25, 0.3) is 0 Å². The topological polar surface area (TPSA) is 30.5 Å². The highest BCUT2D eigenvalue weighted by atomic mass is 32.2. The highest BCUT2D eigenvalue weighted by molar-refractivity contribution is 7.99. The van der Waals surface area contributed by atoms with Crippen molar-refractivity contribution in [3.63, 3.8) is 0 Å². The Labute approximate surface area is 109 Å². The molecule has 100 valence electrons. The van der Waals surface area contributed by atoms with E-state index in [0.29, 0.717) is 12.2 Å². The number of hydrogen-bond donors (Lipinski definition) is 1. The van der Waals surface area contributed by atoms with E-state index in [1.54, 1.807) is 0 Å². The molecule has 2 aliphatic heterocycles. The highest BCUT2D eigenvalue weighted by Crippen LogP contribution is 2.38. The monoisotopic (exact) mass is 259 g/mol. The average Bonchev–Trinajstić information content (AvgIpc) is 2.30. The van der Waals surface area contributed by atoms with Crippen molar-refractivity contribution >= 4 is 11.8 Å². The number of ether oxygens (including phenoxy) is 2. The molecule has 4 heteroatoms. The van der Waals surface area contributed by atoms with Gasteiger partial charge in [0.2, 0.25) is 0 Å². The zero-order chi connectivity index (χ0) is 12.1. The van der Waals surface area contributed by atoms with Crippen LogP contribution < -0.4 is 5.32 Å². The lowest BCUT2D eigenvalue weighted by Crippen LogP contribution is -2.46. The Morgan fingerprint density at radius 1 is 1.47 bits per heavy atom. The molecule has 2 heterocycles. The number of rotatable bonds is 4. The Hall–Kier alpha value is 0.230. The van der Waals surface area contributed by atoms with Gasteiger partial charge in [-0.25, -0.2) is 0 Å². The van der Waals surface area contributed by atoms with Gasteiger partial charge in [-0.05, 0) is 44.7 Å². The summed E-state index contributed by atoms with van der Waals surface area (Å²) in [4.78, 5) is 0. The molecule has 17 heavy (non-hydrogen) atoms. The van der Waals surface area contributed by atoms with E-state index >= 15 is 0 Å². The van der Waals surface area contributed by atoms with Crippen LogP contribution in [0.15, 0.2) is 0 Å². The molecule has 0 aromatic heterocycles. The van der Waals surface area contributed by atoms with Gasteiger partial charge in [0.25, 0.3) is 0 Å². The Morgan fingerprint density at radius 2 is 2.24 bits per heavy atom. The minimum Gasteiger partial charge on any atom is -0.375 e. The number of thioether (sulfide) groups is 1. The first kappa shape index (κ1) is 13.7. The van der Waals surface area contributed by atoms with Gasteiger partial charge >= 0.3 is 0 Å². The van der Waals surface area contributed by atoms with Gasteiger partial charge in [0, 0.05) is 19.6 Å². The van der Waals surface area contributed by atoms with Crippen molar-refractivity contribution in [1.82, 2.24) is 5.32 Å². The lowest BCUT2D eigenvalue weighted by molar-refractivity contribution is -0.147. The smallest absolute Gasteiger partial charge is 0.0723 e. The van der Waals surface area contributed by atoms with Crippen molar-refractivity contribution < 1.29 is 9.47 Å². The summed E-state index contributed by atoms with van der Waals surface area (Å²) in [5, 5.41) is 3.17. The molecule has 2 unspecified atom stereocenters. The standard InChI is InChI=1S/C13H25NO2S/c1-11(10-14-2)16-12-3-6-15-13(9-12)4-7-17-8-5-13/h11-12,14H,3-10H2,1-2H3. The van der Waals surface area contributed by atoms with Crippen molar-refractivity contribution in [2.45, 2.75) is 50.4 Å². The number of likely N-dealkylation sites (N-methyl/N-ethyl adjacent to an activating group) is 1. The third-order valence-corrected chi connectivity index (χ3v) is 4.75. The summed E-state index contributed by atoms with van der Waals surface area (Å²) in [6.45, 7) is 3.96. The molecule has 3 nitrogen and oxygen atoms in total. The fourth-order valence-electron chi connectivity index (χ4n) is 2.85. The zero-order valence-corrected chi connectivity index (χ0v) is 11.9. The van der Waals surface area contributed by atoms with E-state index in [4.69, 9.17) is 9.47 Å². The van der Waals surface area contributed by atoms with Crippen molar-refractivity contribution in [2.24, 2.45) is 0 Å². The Bertz CT molecular complexity index is 226. The van der Waals surface area contributed by atoms with Crippen LogP contribution in [0.3, 0.4) is 0 Å². The molecule has 0 radical (unpaired) electrons. The maximum absolute atomic E-state index is 6.11. The average molecular weight is 259 g/mol. The van der Waals surface area contributed by atoms with Crippen LogP contribution in [-0.4, -0.2) is 49.5 Å². The summed E-state index contributed by atoms with van der Waals surface area (Å²) in [7, 11) is 1.98. The van der Waals surface area contributed by atoms with Crippen LogP contribution in [0.2, 0.25) is 0 Å². The van der Waals surface area contributed by atoms with E-state index in [2.05, 4.69) is 24.0 Å². The van der Waals surface area contributed by atoms with Crippen LogP contribution in [0.1, 0.15) is 32.6 Å². The van der Waals surface area contributed by atoms with Crippen LogP contribution >= 0.6 is 11.8 Å². The highest BCUT2D eigenvalue weighted by Gasteiger charge is 2.39. The van der Waals surface area contributed by atoms with Crippen LogP contribution in [-0.2, 0) is 9.47 Å². The third kappa shape index (κ3) is 3.85. The second kappa shape index (κ2) is 6.41. The molecular weight excluding hydrogens is 234 g/mol. The normalized spacial score (nSPS) is 30.4. The summed E-state index contributed by atoms with van der Waals surface area (Å²) >= 11 is 2.05. The fourth-order valence-corrected chi connectivity index (χ4v) is 4.09. The third-order valence-electron chi connectivity index (χ3n) is 3.77. The molecule has 1 spiro atoms. The Kier molecular flexibility index (Phi) is 5.15. The van der Waals surface area contributed by atoms with Gasteiger partial charge in [0.05, 0.1) is 17.8 Å². The lowest BCUT2D eigenvalue weighted by Gasteiger charge is -2.43. The van der Waals surface area contributed by atoms with E-state index in [1.165, 1.54) is 24.3 Å². The summed E-state index contributed by atoms with van der Waals surface area (Å²) in [6, 6.07) is 0. The first-order chi connectivity index (χ1) is 8.24. The Balaban J connectivity index is 1.83. The Morgan fingerprint density at radius 3 is 2.94 bits per heavy atom. The second-order valence-electron chi connectivity index (χ2n) is 5.26. The minimum absolute atomic E-state index is 0.146. The SMILES string of the molecule is CNCC(C)OC1CCOC2(CCSCC2)C1. The molecule has 2 atom stereocenters. The lowest BCUT2D eigenvalue weighted by atomic mass is 9.86. The largest absolute Gasteiger partial charge is 0.375 e. The van der Waals surface area contributed by atoms with Crippen LogP contribution in [0, 0.1) is 0 Å². The quantitative estimate of drug-likeness (QED) is 0.837. The fraction of sp³-hybridized carbons (Fsp3) is 1.00. The van der Waals surface area contributed by atoms with Crippen molar-refractivity contribution in [3.8, 4) is 0 Å². The van der Waals surface area contributed by atoms with Crippen molar-refractivity contribution in [1.29, 1.82) is 0 Å². The molecule has 2 rings (SSSR count). The number of nitrogens with one attached hydrogen (secondary N) is 1. The van der Waals surface area contributed by atoms with Gasteiger partial charge in [-0.1, -0.05) is 0 Å². The van der Waals surface area contributed by atoms with E-state index in [9.17, 15) is 0 Å².